The van der Waals surface area contributed by atoms with Crippen molar-refractivity contribution in [3.05, 3.63) is 48.6 Å². The van der Waals surface area contributed by atoms with Crippen molar-refractivity contribution in [2.75, 3.05) is 0 Å². The molecule has 3 aromatic heterocycles. The van der Waals surface area contributed by atoms with Crippen LogP contribution in [0, 0.1) is 12.7 Å². The zero-order valence-electron chi connectivity index (χ0n) is 13.4. The summed E-state index contributed by atoms with van der Waals surface area (Å²) in [5.74, 6) is 0.971. The Morgan fingerprint density at radius 3 is 2.88 bits per heavy atom. The molecule has 0 atom stereocenters. The third kappa shape index (κ3) is 2.96. The third-order valence-electron chi connectivity index (χ3n) is 3.48. The molecule has 3 aromatic rings. The Labute approximate surface area is 142 Å². The van der Waals surface area contributed by atoms with Gasteiger partial charge in [-0.3, -0.25) is 4.57 Å². The maximum Gasteiger partial charge on any atom is 0.198 e. The molecule has 0 aromatic carbocycles. The van der Waals surface area contributed by atoms with Gasteiger partial charge in [0, 0.05) is 6.54 Å². The number of rotatable bonds is 6. The van der Waals surface area contributed by atoms with Crippen LogP contribution in [0.5, 0.6) is 0 Å². The monoisotopic (exact) mass is 345 g/mol. The molecule has 0 aliphatic carbocycles. The summed E-state index contributed by atoms with van der Waals surface area (Å²) in [7, 11) is 0. The van der Waals surface area contributed by atoms with Crippen LogP contribution in [-0.4, -0.2) is 24.7 Å². The number of hydrogen-bond donors (Lipinski definition) is 0. The van der Waals surface area contributed by atoms with Gasteiger partial charge >= 0.3 is 0 Å². The van der Waals surface area contributed by atoms with Gasteiger partial charge in [-0.05, 0) is 31.2 Å². The van der Waals surface area contributed by atoms with E-state index in [9.17, 15) is 4.39 Å². The van der Waals surface area contributed by atoms with Crippen molar-refractivity contribution in [1.29, 1.82) is 0 Å². The number of hydrogen-bond acceptors (Lipinski definition) is 6. The molecule has 0 spiro atoms. The van der Waals surface area contributed by atoms with Gasteiger partial charge in [-0.25, -0.2) is 14.4 Å². The van der Waals surface area contributed by atoms with Gasteiger partial charge in [0.15, 0.2) is 16.8 Å². The summed E-state index contributed by atoms with van der Waals surface area (Å²) >= 11 is 1.12. The van der Waals surface area contributed by atoms with E-state index in [0.717, 1.165) is 23.1 Å². The number of aromatic nitrogens is 5. The molecule has 0 saturated heterocycles. The highest BCUT2D eigenvalue weighted by atomic mass is 32.2. The first-order valence-corrected chi connectivity index (χ1v) is 8.23. The summed E-state index contributed by atoms with van der Waals surface area (Å²) in [6, 6.07) is 1.83. The molecule has 0 aliphatic heterocycles. The van der Waals surface area contributed by atoms with Gasteiger partial charge in [0.25, 0.3) is 0 Å². The van der Waals surface area contributed by atoms with Crippen LogP contribution in [0.4, 0.5) is 4.39 Å². The van der Waals surface area contributed by atoms with Crippen LogP contribution in [-0.2, 0) is 13.0 Å². The predicted octanol–water partition coefficient (Wildman–Crippen LogP) is 3.68. The van der Waals surface area contributed by atoms with Crippen molar-refractivity contribution in [2.45, 2.75) is 37.0 Å². The quantitative estimate of drug-likeness (QED) is 0.501. The summed E-state index contributed by atoms with van der Waals surface area (Å²) in [5.41, 5.74) is 1.22. The number of furan rings is 1. The van der Waals surface area contributed by atoms with E-state index in [2.05, 4.69) is 26.7 Å². The molecule has 8 heteroatoms. The lowest BCUT2D eigenvalue weighted by molar-refractivity contribution is 0.534. The van der Waals surface area contributed by atoms with E-state index in [0.29, 0.717) is 29.6 Å². The van der Waals surface area contributed by atoms with Gasteiger partial charge in [-0.1, -0.05) is 13.0 Å². The van der Waals surface area contributed by atoms with Crippen LogP contribution in [0.3, 0.4) is 0 Å². The van der Waals surface area contributed by atoms with Gasteiger partial charge < -0.3 is 4.42 Å². The van der Waals surface area contributed by atoms with E-state index in [4.69, 9.17) is 4.42 Å². The van der Waals surface area contributed by atoms with Crippen LogP contribution < -0.4 is 0 Å². The highest BCUT2D eigenvalue weighted by molar-refractivity contribution is 7.99. The smallest absolute Gasteiger partial charge is 0.198 e. The van der Waals surface area contributed by atoms with Crippen LogP contribution in [0.25, 0.3) is 11.4 Å². The Bertz CT molecular complexity index is 873. The molecule has 0 amide bonds. The first-order chi connectivity index (χ1) is 11.7. The van der Waals surface area contributed by atoms with Gasteiger partial charge in [0.05, 0.1) is 17.5 Å². The second-order valence-corrected chi connectivity index (χ2v) is 5.95. The van der Waals surface area contributed by atoms with E-state index in [1.807, 2.05) is 24.5 Å². The first kappa shape index (κ1) is 16.4. The Balaban J connectivity index is 2.02. The van der Waals surface area contributed by atoms with Gasteiger partial charge in [-0.15, -0.1) is 16.8 Å². The maximum absolute atomic E-state index is 14.4. The molecule has 0 unspecified atom stereocenters. The number of halogens is 1. The van der Waals surface area contributed by atoms with Gasteiger partial charge in [0.2, 0.25) is 0 Å². The Hall–Kier alpha value is -2.48. The van der Waals surface area contributed by atoms with Gasteiger partial charge in [-0.2, -0.15) is 0 Å². The minimum absolute atomic E-state index is 0.232. The zero-order valence-corrected chi connectivity index (χ0v) is 14.2. The van der Waals surface area contributed by atoms with E-state index < -0.39 is 5.82 Å². The molecule has 124 valence electrons. The number of nitrogens with zero attached hydrogens (tertiary/aromatic N) is 5. The molecule has 3 rings (SSSR count). The van der Waals surface area contributed by atoms with Crippen molar-refractivity contribution < 1.29 is 8.81 Å². The first-order valence-electron chi connectivity index (χ1n) is 7.41. The Morgan fingerprint density at radius 1 is 1.38 bits per heavy atom. The Kier molecular flexibility index (Phi) is 4.75. The maximum atomic E-state index is 14.4. The molecule has 0 saturated carbocycles. The second kappa shape index (κ2) is 6.96. The fourth-order valence-electron chi connectivity index (χ4n) is 2.27. The minimum atomic E-state index is -0.417. The van der Waals surface area contributed by atoms with E-state index >= 15 is 0 Å². The highest BCUT2D eigenvalue weighted by Gasteiger charge is 2.19. The zero-order chi connectivity index (χ0) is 17.1. The van der Waals surface area contributed by atoms with Crippen molar-refractivity contribution in [2.24, 2.45) is 0 Å². The van der Waals surface area contributed by atoms with Crippen molar-refractivity contribution >= 4 is 11.8 Å². The molecular formula is C16H16FN5OS. The summed E-state index contributed by atoms with van der Waals surface area (Å²) in [6.45, 7) is 7.95. The molecule has 0 aliphatic rings. The fraction of sp³-hybridized carbons (Fsp3) is 0.250. The van der Waals surface area contributed by atoms with Crippen LogP contribution in [0.1, 0.15) is 18.4 Å². The lowest BCUT2D eigenvalue weighted by atomic mass is 10.2. The van der Waals surface area contributed by atoms with Crippen molar-refractivity contribution in [3.63, 3.8) is 0 Å². The lowest BCUT2D eigenvalue weighted by Crippen LogP contribution is -2.02. The average Bonchev–Trinajstić information content (AvgIpc) is 3.16. The van der Waals surface area contributed by atoms with Crippen molar-refractivity contribution in [1.82, 2.24) is 24.7 Å². The molecular weight excluding hydrogens is 329 g/mol. The topological polar surface area (TPSA) is 69.6 Å². The van der Waals surface area contributed by atoms with Crippen LogP contribution >= 0.6 is 11.8 Å². The molecule has 0 fully saturated rings. The summed E-state index contributed by atoms with van der Waals surface area (Å²) in [5, 5.41) is 9.17. The molecule has 6 nitrogen and oxygen atoms in total. The highest BCUT2D eigenvalue weighted by Crippen LogP contribution is 2.31. The average molecular weight is 345 g/mol. The van der Waals surface area contributed by atoms with E-state index in [1.54, 1.807) is 12.3 Å². The van der Waals surface area contributed by atoms with E-state index in [-0.39, 0.29) is 5.03 Å². The molecule has 3 heterocycles. The van der Waals surface area contributed by atoms with Crippen LogP contribution in [0.15, 0.2) is 45.9 Å². The largest absolute Gasteiger partial charge is 0.469 e. The van der Waals surface area contributed by atoms with E-state index in [1.165, 1.54) is 6.33 Å². The molecule has 0 bridgehead atoms. The fourth-order valence-corrected chi connectivity index (χ4v) is 3.10. The van der Waals surface area contributed by atoms with Crippen molar-refractivity contribution in [3.8, 4) is 11.4 Å². The lowest BCUT2D eigenvalue weighted by Gasteiger charge is -2.08. The standard InChI is InChI=1S/C16H16FN5OS/c1-4-7-22-14(11-6-8-23-10(11)3)20-21-16(22)24-15-13(17)12(5-2)18-9-19-15/h4,6,8-9H,1,5,7H2,2-3H3. The minimum Gasteiger partial charge on any atom is -0.469 e. The summed E-state index contributed by atoms with van der Waals surface area (Å²) in [4.78, 5) is 7.97. The predicted molar refractivity (Wildman–Crippen MR) is 88.1 cm³/mol. The number of aryl methyl sites for hydroxylation is 2. The SMILES string of the molecule is C=CCn1c(Sc2ncnc(CC)c2F)nnc1-c1ccoc1C. The summed E-state index contributed by atoms with van der Waals surface area (Å²) < 4.78 is 21.6. The summed E-state index contributed by atoms with van der Waals surface area (Å²) in [6.07, 6.45) is 5.20. The molecule has 0 N–H and O–H groups in total. The number of allylic oxidation sites excluding steroid dienone is 1. The van der Waals surface area contributed by atoms with Crippen LogP contribution in [0.2, 0.25) is 0 Å². The second-order valence-electron chi connectivity index (χ2n) is 4.99. The molecule has 24 heavy (non-hydrogen) atoms. The molecule has 0 radical (unpaired) electrons. The third-order valence-corrected chi connectivity index (χ3v) is 4.44. The Morgan fingerprint density at radius 2 is 2.21 bits per heavy atom. The normalized spacial score (nSPS) is 11.0. The van der Waals surface area contributed by atoms with Gasteiger partial charge in [0.1, 0.15) is 17.1 Å².